The number of fused-ring (bicyclic) bond motifs is 1. The molecule has 0 saturated heterocycles. The van der Waals surface area contributed by atoms with Crippen LogP contribution in [0.3, 0.4) is 0 Å². The zero-order valence-electron chi connectivity index (χ0n) is 16.4. The maximum Gasteiger partial charge on any atom is 0.232 e. The SMILES string of the molecule is N#Cc1ccc(COc2ccc(-c3nc(NC(=O)C4CC4)nc4[nH]cnc34)cc2)cn1. The van der Waals surface area contributed by atoms with Crippen LogP contribution in [-0.2, 0) is 11.4 Å². The Labute approximate surface area is 177 Å². The number of amides is 1. The number of H-pyrrole nitrogens is 1. The molecule has 9 heteroatoms. The van der Waals surface area contributed by atoms with Gasteiger partial charge in [-0.3, -0.25) is 10.1 Å². The van der Waals surface area contributed by atoms with Gasteiger partial charge in [-0.25, -0.2) is 15.0 Å². The van der Waals surface area contributed by atoms with Crippen molar-refractivity contribution in [2.45, 2.75) is 19.4 Å². The predicted molar refractivity (Wildman–Crippen MR) is 112 cm³/mol. The van der Waals surface area contributed by atoms with Gasteiger partial charge in [-0.05, 0) is 43.2 Å². The molecule has 3 heterocycles. The highest BCUT2D eigenvalue weighted by atomic mass is 16.5. The van der Waals surface area contributed by atoms with E-state index in [1.165, 1.54) is 0 Å². The molecule has 0 atom stereocenters. The second-order valence-corrected chi connectivity index (χ2v) is 7.24. The molecule has 152 valence electrons. The lowest BCUT2D eigenvalue weighted by molar-refractivity contribution is -0.117. The second kappa shape index (κ2) is 7.84. The fourth-order valence-electron chi connectivity index (χ4n) is 3.10. The average Bonchev–Trinajstić information content (AvgIpc) is 3.56. The number of hydrogen-bond acceptors (Lipinski definition) is 7. The number of ether oxygens (including phenoxy) is 1. The van der Waals surface area contributed by atoms with Crippen molar-refractivity contribution < 1.29 is 9.53 Å². The highest BCUT2D eigenvalue weighted by molar-refractivity contribution is 5.95. The number of aromatic amines is 1. The highest BCUT2D eigenvalue weighted by Crippen LogP contribution is 2.31. The van der Waals surface area contributed by atoms with Gasteiger partial charge in [0.15, 0.2) is 5.65 Å². The predicted octanol–water partition coefficient (Wildman–Crippen LogP) is 3.21. The van der Waals surface area contributed by atoms with E-state index in [1.807, 2.05) is 36.4 Å². The van der Waals surface area contributed by atoms with Gasteiger partial charge in [0.25, 0.3) is 0 Å². The van der Waals surface area contributed by atoms with Crippen LogP contribution < -0.4 is 10.1 Å². The molecule has 1 amide bonds. The zero-order valence-corrected chi connectivity index (χ0v) is 16.4. The van der Waals surface area contributed by atoms with Gasteiger partial charge >= 0.3 is 0 Å². The third kappa shape index (κ3) is 4.04. The number of benzene rings is 1. The van der Waals surface area contributed by atoms with Gasteiger partial charge < -0.3 is 9.72 Å². The van der Waals surface area contributed by atoms with Crippen molar-refractivity contribution in [3.63, 3.8) is 0 Å². The Hall–Kier alpha value is -4.32. The van der Waals surface area contributed by atoms with Crippen LogP contribution in [0.4, 0.5) is 5.95 Å². The Morgan fingerprint density at radius 2 is 2.00 bits per heavy atom. The lowest BCUT2D eigenvalue weighted by Crippen LogP contribution is -2.15. The second-order valence-electron chi connectivity index (χ2n) is 7.24. The Morgan fingerprint density at radius 1 is 1.16 bits per heavy atom. The molecule has 1 saturated carbocycles. The molecule has 0 radical (unpaired) electrons. The summed E-state index contributed by atoms with van der Waals surface area (Å²) in [5.41, 5.74) is 3.88. The Bertz CT molecular complexity index is 1290. The molecule has 9 nitrogen and oxygen atoms in total. The number of pyridine rings is 1. The molecule has 3 aromatic heterocycles. The van der Waals surface area contributed by atoms with Crippen LogP contribution in [0.15, 0.2) is 48.9 Å². The minimum absolute atomic E-state index is 0.0501. The Kier molecular flexibility index (Phi) is 4.72. The van der Waals surface area contributed by atoms with Crippen molar-refractivity contribution in [2.75, 3.05) is 5.32 Å². The van der Waals surface area contributed by atoms with E-state index in [0.717, 1.165) is 24.0 Å². The number of nitrogens with zero attached hydrogens (tertiary/aromatic N) is 5. The molecule has 1 aromatic carbocycles. The summed E-state index contributed by atoms with van der Waals surface area (Å²) in [6.45, 7) is 0.340. The van der Waals surface area contributed by atoms with Crippen LogP contribution in [-0.4, -0.2) is 30.8 Å². The average molecular weight is 411 g/mol. The molecule has 1 fully saturated rings. The number of imidazole rings is 1. The summed E-state index contributed by atoms with van der Waals surface area (Å²) in [5.74, 6) is 0.957. The number of nitriles is 1. The van der Waals surface area contributed by atoms with E-state index >= 15 is 0 Å². The number of anilines is 1. The Balaban J connectivity index is 1.35. The molecule has 0 bridgehead atoms. The van der Waals surface area contributed by atoms with E-state index in [1.54, 1.807) is 18.6 Å². The molecule has 0 spiro atoms. The quantitative estimate of drug-likeness (QED) is 0.498. The standard InChI is InChI=1S/C22H17N7O2/c23-9-16-6-1-13(10-24-16)11-31-17-7-4-14(5-8-17)18-19-20(26-12-25-19)28-22(27-18)29-21(30)15-2-3-15/h1,4-8,10,12,15H,2-3,11H2,(H2,25,26,27,28,29,30). The monoisotopic (exact) mass is 411 g/mol. The Morgan fingerprint density at radius 3 is 2.71 bits per heavy atom. The lowest BCUT2D eigenvalue weighted by atomic mass is 10.1. The minimum atomic E-state index is -0.0501. The molecule has 0 aliphatic heterocycles. The van der Waals surface area contributed by atoms with E-state index in [2.05, 4.69) is 30.2 Å². The summed E-state index contributed by atoms with van der Waals surface area (Å²) < 4.78 is 5.80. The largest absolute Gasteiger partial charge is 0.489 e. The summed E-state index contributed by atoms with van der Waals surface area (Å²) in [6, 6.07) is 12.9. The molecular weight excluding hydrogens is 394 g/mol. The smallest absolute Gasteiger partial charge is 0.232 e. The first-order valence-corrected chi connectivity index (χ1v) is 9.80. The summed E-state index contributed by atoms with van der Waals surface area (Å²) in [6.07, 6.45) is 4.99. The number of rotatable bonds is 6. The first kappa shape index (κ1) is 18.7. The molecule has 4 aromatic rings. The number of aromatic nitrogens is 5. The summed E-state index contributed by atoms with van der Waals surface area (Å²) in [4.78, 5) is 32.3. The molecule has 1 aliphatic rings. The zero-order chi connectivity index (χ0) is 21.2. The highest BCUT2D eigenvalue weighted by Gasteiger charge is 2.30. The third-order valence-electron chi connectivity index (χ3n) is 4.93. The van der Waals surface area contributed by atoms with Gasteiger partial charge in [-0.2, -0.15) is 10.2 Å². The van der Waals surface area contributed by atoms with E-state index in [0.29, 0.717) is 34.9 Å². The van der Waals surface area contributed by atoms with Crippen molar-refractivity contribution in [1.82, 2.24) is 24.9 Å². The number of hydrogen-bond donors (Lipinski definition) is 2. The first-order valence-electron chi connectivity index (χ1n) is 9.80. The summed E-state index contributed by atoms with van der Waals surface area (Å²) in [7, 11) is 0. The number of carbonyl (C=O) groups is 1. The molecule has 1 aliphatic carbocycles. The van der Waals surface area contributed by atoms with Crippen LogP contribution in [0.1, 0.15) is 24.1 Å². The fourth-order valence-corrected chi connectivity index (χ4v) is 3.10. The van der Waals surface area contributed by atoms with Crippen molar-refractivity contribution in [1.29, 1.82) is 5.26 Å². The van der Waals surface area contributed by atoms with Crippen molar-refractivity contribution in [2.24, 2.45) is 5.92 Å². The molecule has 31 heavy (non-hydrogen) atoms. The van der Waals surface area contributed by atoms with Crippen LogP contribution in [0, 0.1) is 17.2 Å². The van der Waals surface area contributed by atoms with E-state index in [9.17, 15) is 4.79 Å². The summed E-state index contributed by atoms with van der Waals surface area (Å²) >= 11 is 0. The van der Waals surface area contributed by atoms with E-state index in [4.69, 9.17) is 10.00 Å². The molecular formula is C22H17N7O2. The molecule has 2 N–H and O–H groups in total. The van der Waals surface area contributed by atoms with Crippen LogP contribution >= 0.6 is 0 Å². The van der Waals surface area contributed by atoms with Crippen LogP contribution in [0.2, 0.25) is 0 Å². The van der Waals surface area contributed by atoms with Gasteiger partial charge in [0.05, 0.1) is 6.33 Å². The van der Waals surface area contributed by atoms with Crippen molar-refractivity contribution >= 4 is 23.0 Å². The van der Waals surface area contributed by atoms with Crippen molar-refractivity contribution in [3.05, 3.63) is 60.2 Å². The normalized spacial score (nSPS) is 13.0. The van der Waals surface area contributed by atoms with E-state index < -0.39 is 0 Å². The first-order chi connectivity index (χ1) is 15.2. The van der Waals surface area contributed by atoms with Gasteiger partial charge in [0.1, 0.15) is 35.3 Å². The van der Waals surface area contributed by atoms with Gasteiger partial charge in [-0.1, -0.05) is 6.07 Å². The van der Waals surface area contributed by atoms with Gasteiger partial charge in [-0.15, -0.1) is 0 Å². The van der Waals surface area contributed by atoms with Gasteiger partial charge in [0.2, 0.25) is 11.9 Å². The number of carbonyl (C=O) groups excluding carboxylic acids is 1. The molecule has 0 unspecified atom stereocenters. The van der Waals surface area contributed by atoms with E-state index in [-0.39, 0.29) is 17.8 Å². The fraction of sp³-hybridized carbons (Fsp3) is 0.182. The summed E-state index contributed by atoms with van der Waals surface area (Å²) in [5, 5.41) is 11.6. The maximum absolute atomic E-state index is 12.1. The van der Waals surface area contributed by atoms with Crippen LogP contribution in [0.25, 0.3) is 22.4 Å². The maximum atomic E-state index is 12.1. The lowest BCUT2D eigenvalue weighted by Gasteiger charge is -2.09. The topological polar surface area (TPSA) is 129 Å². The van der Waals surface area contributed by atoms with Crippen molar-refractivity contribution in [3.8, 4) is 23.1 Å². The third-order valence-corrected chi connectivity index (χ3v) is 4.93. The number of nitrogens with one attached hydrogen (secondary N) is 2. The van der Waals surface area contributed by atoms with Crippen LogP contribution in [0.5, 0.6) is 5.75 Å². The molecule has 5 rings (SSSR count). The minimum Gasteiger partial charge on any atom is -0.489 e. The van der Waals surface area contributed by atoms with Gasteiger partial charge in [0, 0.05) is 23.2 Å².